The van der Waals surface area contributed by atoms with Gasteiger partial charge in [-0.2, -0.15) is 18.4 Å². The van der Waals surface area contributed by atoms with E-state index in [2.05, 4.69) is 14.9 Å². The summed E-state index contributed by atoms with van der Waals surface area (Å²) in [6, 6.07) is 6.34. The van der Waals surface area contributed by atoms with Crippen molar-refractivity contribution in [3.05, 3.63) is 46.9 Å². The van der Waals surface area contributed by atoms with E-state index >= 15 is 0 Å². The van der Waals surface area contributed by atoms with Gasteiger partial charge in [0.05, 0.1) is 22.5 Å². The van der Waals surface area contributed by atoms with Crippen LogP contribution in [0.2, 0.25) is 5.02 Å². The molecular formula is C16H13ClF3N5. The minimum Gasteiger partial charge on any atom is -0.367 e. The summed E-state index contributed by atoms with van der Waals surface area (Å²) in [5, 5.41) is 8.76. The monoisotopic (exact) mass is 367 g/mol. The van der Waals surface area contributed by atoms with Crippen molar-refractivity contribution in [1.29, 1.82) is 5.26 Å². The molecule has 0 unspecified atom stereocenters. The molecule has 2 aromatic rings. The zero-order chi connectivity index (χ0) is 18.0. The van der Waals surface area contributed by atoms with Gasteiger partial charge in [0, 0.05) is 32.4 Å². The molecule has 2 aromatic heterocycles. The summed E-state index contributed by atoms with van der Waals surface area (Å²) in [5.41, 5.74) is 0.386. The standard InChI is InChI=1S/C16H13ClF3N5/c17-14-7-11(16(18,19)20)9-23-15(14)25-5-3-24(4-6-25)13-2-1-12(8-21)22-10-13/h1-2,7,9-10H,3-6H2. The average Bonchev–Trinajstić information content (AvgIpc) is 2.61. The van der Waals surface area contributed by atoms with Crippen molar-refractivity contribution in [3.8, 4) is 6.07 Å². The molecule has 0 aromatic carbocycles. The molecule has 1 fully saturated rings. The highest BCUT2D eigenvalue weighted by Gasteiger charge is 2.32. The summed E-state index contributed by atoms with van der Waals surface area (Å²) in [6.07, 6.45) is -2.02. The Hall–Kier alpha value is -2.53. The van der Waals surface area contributed by atoms with Crippen molar-refractivity contribution in [2.24, 2.45) is 0 Å². The first kappa shape index (κ1) is 17.3. The highest BCUT2D eigenvalue weighted by atomic mass is 35.5. The molecule has 0 amide bonds. The van der Waals surface area contributed by atoms with Gasteiger partial charge in [0.1, 0.15) is 17.6 Å². The van der Waals surface area contributed by atoms with E-state index in [0.717, 1.165) is 18.0 Å². The lowest BCUT2D eigenvalue weighted by Gasteiger charge is -2.36. The van der Waals surface area contributed by atoms with Gasteiger partial charge in [-0.1, -0.05) is 11.6 Å². The van der Waals surface area contributed by atoms with Crippen molar-refractivity contribution < 1.29 is 13.2 Å². The molecule has 0 bridgehead atoms. The van der Waals surface area contributed by atoms with Crippen LogP contribution in [0.25, 0.3) is 0 Å². The topological polar surface area (TPSA) is 56.1 Å². The summed E-state index contributed by atoms with van der Waals surface area (Å²) in [5.74, 6) is 0.354. The van der Waals surface area contributed by atoms with Crippen LogP contribution in [0.4, 0.5) is 24.7 Å². The van der Waals surface area contributed by atoms with Gasteiger partial charge in [0.2, 0.25) is 0 Å². The maximum absolute atomic E-state index is 12.7. The fourth-order valence-electron chi connectivity index (χ4n) is 2.63. The lowest BCUT2D eigenvalue weighted by Crippen LogP contribution is -2.47. The van der Waals surface area contributed by atoms with Gasteiger partial charge in [-0.05, 0) is 18.2 Å². The van der Waals surface area contributed by atoms with Gasteiger partial charge in [0.25, 0.3) is 0 Å². The van der Waals surface area contributed by atoms with E-state index in [1.165, 1.54) is 0 Å². The molecule has 0 spiro atoms. The number of nitriles is 1. The first-order chi connectivity index (χ1) is 11.9. The number of aromatic nitrogens is 2. The third-order valence-electron chi connectivity index (χ3n) is 3.96. The lowest BCUT2D eigenvalue weighted by molar-refractivity contribution is -0.137. The van der Waals surface area contributed by atoms with Crippen LogP contribution in [0.1, 0.15) is 11.3 Å². The number of nitrogens with zero attached hydrogens (tertiary/aromatic N) is 5. The van der Waals surface area contributed by atoms with Crippen LogP contribution in [-0.4, -0.2) is 36.1 Å². The SMILES string of the molecule is N#Cc1ccc(N2CCN(c3ncc(C(F)(F)F)cc3Cl)CC2)cn1. The minimum atomic E-state index is -4.46. The molecule has 3 heterocycles. The van der Waals surface area contributed by atoms with Crippen LogP contribution >= 0.6 is 11.6 Å². The number of hydrogen-bond donors (Lipinski definition) is 0. The maximum atomic E-state index is 12.7. The molecule has 1 aliphatic heterocycles. The van der Waals surface area contributed by atoms with E-state index in [4.69, 9.17) is 16.9 Å². The molecule has 5 nitrogen and oxygen atoms in total. The average molecular weight is 368 g/mol. The molecule has 0 aliphatic carbocycles. The summed E-state index contributed by atoms with van der Waals surface area (Å²) in [7, 11) is 0. The van der Waals surface area contributed by atoms with Crippen LogP contribution in [0.5, 0.6) is 0 Å². The third-order valence-corrected chi connectivity index (χ3v) is 4.23. The van der Waals surface area contributed by atoms with Crippen LogP contribution in [-0.2, 0) is 6.18 Å². The molecule has 0 atom stereocenters. The number of pyridine rings is 2. The van der Waals surface area contributed by atoms with Gasteiger partial charge in [-0.3, -0.25) is 0 Å². The van der Waals surface area contributed by atoms with Crippen molar-refractivity contribution >= 4 is 23.1 Å². The lowest BCUT2D eigenvalue weighted by atomic mass is 10.2. The van der Waals surface area contributed by atoms with Crippen molar-refractivity contribution in [2.75, 3.05) is 36.0 Å². The molecule has 3 rings (SSSR count). The van der Waals surface area contributed by atoms with Crippen molar-refractivity contribution in [2.45, 2.75) is 6.18 Å². The quantitative estimate of drug-likeness (QED) is 0.814. The van der Waals surface area contributed by atoms with Crippen LogP contribution in [0, 0.1) is 11.3 Å². The Balaban J connectivity index is 1.69. The summed E-state index contributed by atoms with van der Waals surface area (Å²) >= 11 is 6.00. The van der Waals surface area contributed by atoms with Gasteiger partial charge < -0.3 is 9.80 Å². The molecular weight excluding hydrogens is 355 g/mol. The molecule has 25 heavy (non-hydrogen) atoms. The fourth-order valence-corrected chi connectivity index (χ4v) is 2.92. The summed E-state index contributed by atoms with van der Waals surface area (Å²) in [4.78, 5) is 11.9. The second-order valence-corrected chi connectivity index (χ2v) is 5.92. The van der Waals surface area contributed by atoms with Gasteiger partial charge >= 0.3 is 6.18 Å². The van der Waals surface area contributed by atoms with E-state index in [0.29, 0.717) is 37.7 Å². The zero-order valence-corrected chi connectivity index (χ0v) is 13.7. The molecule has 0 radical (unpaired) electrons. The highest BCUT2D eigenvalue weighted by Crippen LogP contribution is 2.33. The molecule has 0 saturated carbocycles. The molecule has 9 heteroatoms. The van der Waals surface area contributed by atoms with E-state index < -0.39 is 11.7 Å². The predicted molar refractivity (Wildman–Crippen MR) is 87.6 cm³/mol. The van der Waals surface area contributed by atoms with Crippen molar-refractivity contribution in [1.82, 2.24) is 9.97 Å². The highest BCUT2D eigenvalue weighted by molar-refractivity contribution is 6.33. The Bertz CT molecular complexity index is 793. The smallest absolute Gasteiger partial charge is 0.367 e. The normalized spacial score (nSPS) is 15.2. The Morgan fingerprint density at radius 1 is 1.04 bits per heavy atom. The van der Waals surface area contributed by atoms with E-state index in [9.17, 15) is 13.2 Å². The predicted octanol–water partition coefficient (Wildman–Crippen LogP) is 3.35. The van der Waals surface area contributed by atoms with E-state index in [-0.39, 0.29) is 5.02 Å². The second-order valence-electron chi connectivity index (χ2n) is 5.51. The van der Waals surface area contributed by atoms with Crippen LogP contribution < -0.4 is 9.80 Å². The van der Waals surface area contributed by atoms with Gasteiger partial charge in [-0.25, -0.2) is 9.97 Å². The molecule has 130 valence electrons. The number of alkyl halides is 3. The Kier molecular flexibility index (Phi) is 4.68. The fraction of sp³-hybridized carbons (Fsp3) is 0.312. The minimum absolute atomic E-state index is 0.0108. The number of rotatable bonds is 2. The number of halogens is 4. The number of hydrogen-bond acceptors (Lipinski definition) is 5. The van der Waals surface area contributed by atoms with Crippen LogP contribution in [0.3, 0.4) is 0 Å². The van der Waals surface area contributed by atoms with E-state index in [1.807, 2.05) is 17.0 Å². The third kappa shape index (κ3) is 3.77. The van der Waals surface area contributed by atoms with Gasteiger partial charge in [0.15, 0.2) is 0 Å². The largest absolute Gasteiger partial charge is 0.417 e. The van der Waals surface area contributed by atoms with E-state index in [1.54, 1.807) is 12.3 Å². The Morgan fingerprint density at radius 3 is 2.24 bits per heavy atom. The molecule has 1 saturated heterocycles. The summed E-state index contributed by atoms with van der Waals surface area (Å²) < 4.78 is 38.1. The summed E-state index contributed by atoms with van der Waals surface area (Å²) in [6.45, 7) is 2.43. The van der Waals surface area contributed by atoms with Gasteiger partial charge in [-0.15, -0.1) is 0 Å². The first-order valence-corrected chi connectivity index (χ1v) is 7.85. The second kappa shape index (κ2) is 6.76. The zero-order valence-electron chi connectivity index (χ0n) is 13.0. The van der Waals surface area contributed by atoms with Crippen LogP contribution in [0.15, 0.2) is 30.6 Å². The van der Waals surface area contributed by atoms with Crippen molar-refractivity contribution in [3.63, 3.8) is 0 Å². The first-order valence-electron chi connectivity index (χ1n) is 7.47. The maximum Gasteiger partial charge on any atom is 0.417 e. The number of anilines is 2. The Labute approximate surface area is 147 Å². The number of piperazine rings is 1. The molecule has 0 N–H and O–H groups in total. The molecule has 1 aliphatic rings. The Morgan fingerprint density at radius 2 is 1.72 bits per heavy atom.